The van der Waals surface area contributed by atoms with Gasteiger partial charge in [-0.05, 0) is 60.1 Å². The Morgan fingerprint density at radius 1 is 1.00 bits per heavy atom. The van der Waals surface area contributed by atoms with Crippen molar-refractivity contribution in [2.75, 3.05) is 7.11 Å². The highest BCUT2D eigenvalue weighted by Gasteiger charge is 2.08. The number of benzene rings is 2. The Morgan fingerprint density at radius 2 is 1.70 bits per heavy atom. The molecule has 2 aromatic rings. The Bertz CT molecular complexity index is 552. The summed E-state index contributed by atoms with van der Waals surface area (Å²) in [6.45, 7) is 6.78. The third-order valence-electron chi connectivity index (χ3n) is 3.67. The van der Waals surface area contributed by atoms with E-state index >= 15 is 0 Å². The van der Waals surface area contributed by atoms with E-state index in [1.54, 1.807) is 7.11 Å². The quantitative estimate of drug-likeness (QED) is 0.757. The molecule has 0 aliphatic rings. The fourth-order valence-electron chi connectivity index (χ4n) is 2.59. The van der Waals surface area contributed by atoms with Gasteiger partial charge in [-0.1, -0.05) is 44.2 Å². The molecule has 20 heavy (non-hydrogen) atoms. The molecule has 0 unspecified atom stereocenters. The maximum atomic E-state index is 5.21. The average Bonchev–Trinajstić information content (AvgIpc) is 2.43. The first kappa shape index (κ1) is 14.6. The lowest BCUT2D eigenvalue weighted by Crippen LogP contribution is -2.03. The highest BCUT2D eigenvalue weighted by Crippen LogP contribution is 2.22. The zero-order valence-corrected chi connectivity index (χ0v) is 12.9. The van der Waals surface area contributed by atoms with Gasteiger partial charge >= 0.3 is 0 Å². The molecule has 0 heterocycles. The molecule has 1 heteroatoms. The molecule has 0 radical (unpaired) electrons. The van der Waals surface area contributed by atoms with Crippen LogP contribution in [0.5, 0.6) is 5.75 Å². The third kappa shape index (κ3) is 3.63. The van der Waals surface area contributed by atoms with Crippen molar-refractivity contribution >= 4 is 0 Å². The minimum Gasteiger partial charge on any atom is -0.497 e. The van der Waals surface area contributed by atoms with Crippen molar-refractivity contribution in [1.29, 1.82) is 0 Å². The molecule has 0 aliphatic heterocycles. The van der Waals surface area contributed by atoms with Gasteiger partial charge in [0.25, 0.3) is 0 Å². The van der Waals surface area contributed by atoms with Crippen molar-refractivity contribution in [3.8, 4) is 5.75 Å². The van der Waals surface area contributed by atoms with Gasteiger partial charge in [0.05, 0.1) is 7.11 Å². The molecule has 1 nitrogen and oxygen atoms in total. The van der Waals surface area contributed by atoms with Gasteiger partial charge in [-0.25, -0.2) is 0 Å². The Kier molecular flexibility index (Phi) is 4.84. The summed E-state index contributed by atoms with van der Waals surface area (Å²) < 4.78 is 5.21. The molecular weight excluding hydrogens is 244 g/mol. The van der Waals surface area contributed by atoms with Crippen LogP contribution in [-0.2, 0) is 12.8 Å². The molecule has 0 bridgehead atoms. The monoisotopic (exact) mass is 268 g/mol. The summed E-state index contributed by atoms with van der Waals surface area (Å²) in [5.41, 5.74) is 5.70. The number of methoxy groups -OCH3 is 1. The first-order valence-electron chi connectivity index (χ1n) is 7.30. The molecule has 0 fully saturated rings. The van der Waals surface area contributed by atoms with E-state index in [0.717, 1.165) is 18.6 Å². The third-order valence-corrected chi connectivity index (χ3v) is 3.67. The van der Waals surface area contributed by atoms with Gasteiger partial charge in [0.2, 0.25) is 0 Å². The Hall–Kier alpha value is -1.76. The maximum Gasteiger partial charge on any atom is 0.118 e. The summed E-state index contributed by atoms with van der Waals surface area (Å²) in [5, 5.41) is 0. The van der Waals surface area contributed by atoms with E-state index in [-0.39, 0.29) is 0 Å². The number of hydrogen-bond acceptors (Lipinski definition) is 1. The van der Waals surface area contributed by atoms with Crippen molar-refractivity contribution < 1.29 is 4.74 Å². The highest BCUT2D eigenvalue weighted by molar-refractivity contribution is 5.39. The first-order chi connectivity index (χ1) is 9.60. The van der Waals surface area contributed by atoms with Crippen LogP contribution in [0.25, 0.3) is 0 Å². The van der Waals surface area contributed by atoms with Gasteiger partial charge in [0, 0.05) is 0 Å². The zero-order chi connectivity index (χ0) is 14.5. The summed E-state index contributed by atoms with van der Waals surface area (Å²) >= 11 is 0. The summed E-state index contributed by atoms with van der Waals surface area (Å²) in [6, 6.07) is 15.0. The number of ether oxygens (including phenoxy) is 1. The van der Waals surface area contributed by atoms with E-state index in [0.29, 0.717) is 5.92 Å². The molecule has 0 saturated carbocycles. The van der Waals surface area contributed by atoms with Crippen LogP contribution in [0.2, 0.25) is 0 Å². The molecule has 0 atom stereocenters. The van der Waals surface area contributed by atoms with Crippen molar-refractivity contribution in [1.82, 2.24) is 0 Å². The molecule has 106 valence electrons. The van der Waals surface area contributed by atoms with Crippen LogP contribution in [0.4, 0.5) is 0 Å². The molecule has 2 rings (SSSR count). The first-order valence-corrected chi connectivity index (χ1v) is 7.30. The Labute approximate surface area is 122 Å². The van der Waals surface area contributed by atoms with Gasteiger partial charge in [0.15, 0.2) is 0 Å². The van der Waals surface area contributed by atoms with Gasteiger partial charge in [-0.2, -0.15) is 0 Å². The summed E-state index contributed by atoms with van der Waals surface area (Å²) in [7, 11) is 1.70. The highest BCUT2D eigenvalue weighted by atomic mass is 16.5. The summed E-state index contributed by atoms with van der Waals surface area (Å²) in [4.78, 5) is 0. The average molecular weight is 268 g/mol. The van der Waals surface area contributed by atoms with Gasteiger partial charge in [-0.15, -0.1) is 0 Å². The zero-order valence-electron chi connectivity index (χ0n) is 12.9. The molecule has 0 aromatic heterocycles. The molecule has 0 N–H and O–H groups in total. The largest absolute Gasteiger partial charge is 0.497 e. The summed E-state index contributed by atoms with van der Waals surface area (Å²) in [5.74, 6) is 1.60. The number of aryl methyl sites for hydroxylation is 1. The minimum absolute atomic E-state index is 0.686. The maximum absolute atomic E-state index is 5.21. The van der Waals surface area contributed by atoms with E-state index in [9.17, 15) is 0 Å². The van der Waals surface area contributed by atoms with E-state index in [4.69, 9.17) is 4.74 Å². The van der Waals surface area contributed by atoms with Crippen molar-refractivity contribution in [3.05, 3.63) is 64.7 Å². The predicted molar refractivity (Wildman–Crippen MR) is 85.5 cm³/mol. The van der Waals surface area contributed by atoms with Crippen molar-refractivity contribution in [3.63, 3.8) is 0 Å². The lowest BCUT2D eigenvalue weighted by atomic mass is 9.91. The molecule has 0 spiro atoms. The second-order valence-corrected chi connectivity index (χ2v) is 5.84. The predicted octanol–water partition coefficient (Wildman–Crippen LogP) is 4.79. The molecule has 0 amide bonds. The minimum atomic E-state index is 0.686. The van der Waals surface area contributed by atoms with E-state index in [1.165, 1.54) is 22.3 Å². The van der Waals surface area contributed by atoms with Crippen LogP contribution in [0, 0.1) is 12.8 Å². The van der Waals surface area contributed by atoms with Crippen molar-refractivity contribution in [2.24, 2.45) is 5.92 Å². The standard InChI is InChI=1S/C19H24O/c1-14(2)12-19-15(3)6-5-7-17(19)13-16-8-10-18(20-4)11-9-16/h5-11,14H,12-13H2,1-4H3. The van der Waals surface area contributed by atoms with Crippen LogP contribution in [-0.4, -0.2) is 7.11 Å². The van der Waals surface area contributed by atoms with Crippen LogP contribution in [0.1, 0.15) is 36.1 Å². The Morgan fingerprint density at radius 3 is 2.30 bits per heavy atom. The van der Waals surface area contributed by atoms with Gasteiger partial charge < -0.3 is 4.74 Å². The molecule has 0 aliphatic carbocycles. The fraction of sp³-hybridized carbons (Fsp3) is 0.368. The normalized spacial score (nSPS) is 10.8. The molecule has 2 aromatic carbocycles. The van der Waals surface area contributed by atoms with Crippen LogP contribution < -0.4 is 4.74 Å². The van der Waals surface area contributed by atoms with Crippen molar-refractivity contribution in [2.45, 2.75) is 33.6 Å². The number of rotatable bonds is 5. The topological polar surface area (TPSA) is 9.23 Å². The second kappa shape index (κ2) is 6.60. The van der Waals surface area contributed by atoms with Crippen LogP contribution in [0.3, 0.4) is 0 Å². The lowest BCUT2D eigenvalue weighted by Gasteiger charge is -2.15. The Balaban J connectivity index is 2.25. The van der Waals surface area contributed by atoms with E-state index < -0.39 is 0 Å². The van der Waals surface area contributed by atoms with Gasteiger partial charge in [0.1, 0.15) is 5.75 Å². The van der Waals surface area contributed by atoms with Gasteiger partial charge in [-0.3, -0.25) is 0 Å². The van der Waals surface area contributed by atoms with E-state index in [1.807, 2.05) is 12.1 Å². The van der Waals surface area contributed by atoms with Crippen LogP contribution in [0.15, 0.2) is 42.5 Å². The fourth-order valence-corrected chi connectivity index (χ4v) is 2.59. The summed E-state index contributed by atoms with van der Waals surface area (Å²) in [6.07, 6.45) is 2.14. The number of hydrogen-bond donors (Lipinski definition) is 0. The van der Waals surface area contributed by atoms with E-state index in [2.05, 4.69) is 51.1 Å². The second-order valence-electron chi connectivity index (χ2n) is 5.84. The van der Waals surface area contributed by atoms with Crippen LogP contribution >= 0.6 is 0 Å². The lowest BCUT2D eigenvalue weighted by molar-refractivity contribution is 0.414. The molecular formula is C19H24O. The SMILES string of the molecule is COc1ccc(Cc2cccc(C)c2CC(C)C)cc1. The molecule has 0 saturated heterocycles. The smallest absolute Gasteiger partial charge is 0.118 e.